The maximum Gasteiger partial charge on any atom is 0.409 e. The van der Waals surface area contributed by atoms with Gasteiger partial charge >= 0.3 is 6.09 Å². The first kappa shape index (κ1) is 19.9. The van der Waals surface area contributed by atoms with E-state index in [2.05, 4.69) is 15.2 Å². The van der Waals surface area contributed by atoms with Crippen LogP contribution in [0, 0.1) is 0 Å². The van der Waals surface area contributed by atoms with Crippen molar-refractivity contribution in [1.82, 2.24) is 15.1 Å². The Morgan fingerprint density at radius 1 is 1.12 bits per heavy atom. The number of rotatable bonds is 7. The lowest BCUT2D eigenvalue weighted by molar-refractivity contribution is 0.0914. The molecule has 0 atom stereocenters. The average molecular weight is 362 g/mol. The van der Waals surface area contributed by atoms with Crippen LogP contribution in [-0.4, -0.2) is 74.8 Å². The number of benzene rings is 1. The molecular formula is C19H30N4O3. The lowest BCUT2D eigenvalue weighted by atomic mass is 10.3. The molecule has 26 heavy (non-hydrogen) atoms. The number of unbranched alkanes of at least 4 members (excludes halogenated alkanes) is 1. The van der Waals surface area contributed by atoms with E-state index in [1.807, 2.05) is 37.3 Å². The zero-order chi connectivity index (χ0) is 18.6. The molecule has 1 aliphatic rings. The van der Waals surface area contributed by atoms with Crippen LogP contribution in [0.25, 0.3) is 0 Å². The third-order valence-electron chi connectivity index (χ3n) is 4.18. The predicted molar refractivity (Wildman–Crippen MR) is 103 cm³/mol. The molecule has 0 unspecified atom stereocenters. The van der Waals surface area contributed by atoms with Crippen molar-refractivity contribution in [2.75, 3.05) is 53.0 Å². The Morgan fingerprint density at radius 3 is 2.46 bits per heavy atom. The summed E-state index contributed by atoms with van der Waals surface area (Å²) in [6.07, 6.45) is 1.76. The number of piperazine rings is 1. The van der Waals surface area contributed by atoms with Crippen molar-refractivity contribution in [2.24, 2.45) is 4.99 Å². The highest BCUT2D eigenvalue weighted by molar-refractivity contribution is 5.80. The normalized spacial score (nSPS) is 14.9. The van der Waals surface area contributed by atoms with Crippen molar-refractivity contribution in [3.8, 4) is 5.75 Å². The summed E-state index contributed by atoms with van der Waals surface area (Å²) in [4.78, 5) is 20.0. The second-order valence-electron chi connectivity index (χ2n) is 6.02. The molecule has 1 heterocycles. The van der Waals surface area contributed by atoms with E-state index in [1.165, 1.54) is 0 Å². The van der Waals surface area contributed by atoms with Crippen LogP contribution in [0.3, 0.4) is 0 Å². The van der Waals surface area contributed by atoms with Gasteiger partial charge in [0.25, 0.3) is 0 Å². The van der Waals surface area contributed by atoms with Crippen LogP contribution in [0.1, 0.15) is 19.8 Å². The number of ether oxygens (including phenoxy) is 2. The molecule has 1 saturated heterocycles. The zero-order valence-electron chi connectivity index (χ0n) is 15.8. The fourth-order valence-corrected chi connectivity index (χ4v) is 2.78. The van der Waals surface area contributed by atoms with E-state index in [0.29, 0.717) is 26.3 Å². The molecule has 1 aliphatic heterocycles. The summed E-state index contributed by atoms with van der Waals surface area (Å²) >= 11 is 0. The summed E-state index contributed by atoms with van der Waals surface area (Å²) in [7, 11) is 1.79. The zero-order valence-corrected chi connectivity index (χ0v) is 15.8. The minimum absolute atomic E-state index is 0.228. The molecule has 0 aliphatic carbocycles. The number of guanidine groups is 1. The minimum Gasteiger partial charge on any atom is -0.494 e. The van der Waals surface area contributed by atoms with Crippen molar-refractivity contribution in [3.05, 3.63) is 30.3 Å². The predicted octanol–water partition coefficient (Wildman–Crippen LogP) is 2.20. The number of hydrogen-bond donors (Lipinski definition) is 1. The first-order valence-electron chi connectivity index (χ1n) is 9.29. The molecular weight excluding hydrogens is 332 g/mol. The van der Waals surface area contributed by atoms with E-state index >= 15 is 0 Å². The van der Waals surface area contributed by atoms with Crippen molar-refractivity contribution in [1.29, 1.82) is 0 Å². The second kappa shape index (κ2) is 11.2. The monoisotopic (exact) mass is 362 g/mol. The highest BCUT2D eigenvalue weighted by Gasteiger charge is 2.23. The van der Waals surface area contributed by atoms with Crippen LogP contribution in [0.2, 0.25) is 0 Å². The molecule has 1 fully saturated rings. The molecule has 0 saturated carbocycles. The van der Waals surface area contributed by atoms with Gasteiger partial charge in [-0.2, -0.15) is 0 Å². The average Bonchev–Trinajstić information content (AvgIpc) is 2.69. The number of para-hydroxylation sites is 1. The van der Waals surface area contributed by atoms with Crippen LogP contribution in [0.15, 0.2) is 35.3 Å². The molecule has 2 rings (SSSR count). The van der Waals surface area contributed by atoms with Gasteiger partial charge in [-0.15, -0.1) is 0 Å². The van der Waals surface area contributed by atoms with E-state index in [0.717, 1.165) is 44.2 Å². The van der Waals surface area contributed by atoms with Gasteiger partial charge in [-0.25, -0.2) is 4.79 Å². The third-order valence-corrected chi connectivity index (χ3v) is 4.18. The first-order chi connectivity index (χ1) is 12.7. The molecule has 0 aromatic heterocycles. The van der Waals surface area contributed by atoms with Crippen LogP contribution in [0.4, 0.5) is 4.79 Å². The Balaban J connectivity index is 1.60. The summed E-state index contributed by atoms with van der Waals surface area (Å²) in [5.41, 5.74) is 0. The Morgan fingerprint density at radius 2 is 1.81 bits per heavy atom. The Labute approximate surface area is 156 Å². The van der Waals surface area contributed by atoms with Crippen LogP contribution >= 0.6 is 0 Å². The van der Waals surface area contributed by atoms with E-state index in [1.54, 1.807) is 11.9 Å². The summed E-state index contributed by atoms with van der Waals surface area (Å²) in [5.74, 6) is 1.80. The van der Waals surface area contributed by atoms with Gasteiger partial charge in [0.1, 0.15) is 5.75 Å². The van der Waals surface area contributed by atoms with E-state index in [4.69, 9.17) is 9.47 Å². The fourth-order valence-electron chi connectivity index (χ4n) is 2.78. The summed E-state index contributed by atoms with van der Waals surface area (Å²) in [5, 5.41) is 3.39. The third kappa shape index (κ3) is 6.46. The number of carbonyl (C=O) groups is 1. The number of aliphatic imine (C=N–C) groups is 1. The Bertz CT molecular complexity index is 557. The molecule has 7 nitrogen and oxygen atoms in total. The van der Waals surface area contributed by atoms with Gasteiger partial charge in [-0.1, -0.05) is 18.2 Å². The molecule has 1 amide bonds. The number of amides is 1. The van der Waals surface area contributed by atoms with Crippen molar-refractivity contribution in [3.63, 3.8) is 0 Å². The number of carbonyl (C=O) groups excluding carboxylic acids is 1. The van der Waals surface area contributed by atoms with Gasteiger partial charge in [-0.05, 0) is 31.9 Å². The quantitative estimate of drug-likeness (QED) is 0.458. The van der Waals surface area contributed by atoms with Crippen LogP contribution in [-0.2, 0) is 4.74 Å². The Hall–Kier alpha value is -2.44. The van der Waals surface area contributed by atoms with Crippen molar-refractivity contribution < 1.29 is 14.3 Å². The largest absolute Gasteiger partial charge is 0.494 e. The summed E-state index contributed by atoms with van der Waals surface area (Å²) < 4.78 is 10.7. The molecule has 1 N–H and O–H groups in total. The van der Waals surface area contributed by atoms with E-state index < -0.39 is 0 Å². The van der Waals surface area contributed by atoms with Crippen molar-refractivity contribution >= 4 is 12.1 Å². The highest BCUT2D eigenvalue weighted by atomic mass is 16.6. The minimum atomic E-state index is -0.228. The molecule has 1 aromatic carbocycles. The summed E-state index contributed by atoms with van der Waals surface area (Å²) in [6, 6.07) is 9.87. The van der Waals surface area contributed by atoms with Crippen LogP contribution in [0.5, 0.6) is 5.75 Å². The molecule has 0 radical (unpaired) electrons. The second-order valence-corrected chi connectivity index (χ2v) is 6.02. The Kier molecular flexibility index (Phi) is 8.59. The lowest BCUT2D eigenvalue weighted by Gasteiger charge is -2.35. The van der Waals surface area contributed by atoms with Gasteiger partial charge in [0.15, 0.2) is 5.96 Å². The molecule has 7 heteroatoms. The lowest BCUT2D eigenvalue weighted by Crippen LogP contribution is -2.54. The first-order valence-corrected chi connectivity index (χ1v) is 9.29. The highest BCUT2D eigenvalue weighted by Crippen LogP contribution is 2.09. The van der Waals surface area contributed by atoms with Crippen LogP contribution < -0.4 is 10.1 Å². The van der Waals surface area contributed by atoms with Crippen molar-refractivity contribution in [2.45, 2.75) is 19.8 Å². The summed E-state index contributed by atoms with van der Waals surface area (Å²) in [6.45, 7) is 6.63. The van der Waals surface area contributed by atoms with Gasteiger partial charge in [0, 0.05) is 39.8 Å². The number of nitrogens with one attached hydrogen (secondary N) is 1. The SMILES string of the molecule is CCOC(=O)N1CCN(C(=NC)NCCCCOc2ccccc2)CC1. The molecule has 0 bridgehead atoms. The van der Waals surface area contributed by atoms with E-state index in [-0.39, 0.29) is 6.09 Å². The molecule has 144 valence electrons. The molecule has 0 spiro atoms. The number of hydrogen-bond acceptors (Lipinski definition) is 4. The van der Waals surface area contributed by atoms with Gasteiger partial charge in [-0.3, -0.25) is 4.99 Å². The maximum atomic E-state index is 11.7. The standard InChI is InChI=1S/C19H30N4O3/c1-3-25-19(24)23-14-12-22(13-15-23)18(20-2)21-11-7-8-16-26-17-9-5-4-6-10-17/h4-6,9-10H,3,7-8,11-16H2,1-2H3,(H,20,21). The van der Waals surface area contributed by atoms with E-state index in [9.17, 15) is 4.79 Å². The fraction of sp³-hybridized carbons (Fsp3) is 0.579. The molecule has 1 aromatic rings. The van der Waals surface area contributed by atoms with Gasteiger partial charge < -0.3 is 24.6 Å². The maximum absolute atomic E-state index is 11.7. The van der Waals surface area contributed by atoms with Gasteiger partial charge in [0.2, 0.25) is 0 Å². The smallest absolute Gasteiger partial charge is 0.409 e. The topological polar surface area (TPSA) is 66.4 Å². The number of nitrogens with zero attached hydrogens (tertiary/aromatic N) is 3. The van der Waals surface area contributed by atoms with Gasteiger partial charge in [0.05, 0.1) is 13.2 Å².